The molecule has 1 saturated heterocycles. The Morgan fingerprint density at radius 3 is 2.67 bits per heavy atom. The molecule has 0 bridgehead atoms. The van der Waals surface area contributed by atoms with E-state index in [-0.39, 0.29) is 12.0 Å². The largest absolute Gasteiger partial charge is 0.457 e. The second kappa shape index (κ2) is 5.91. The Labute approximate surface area is 116 Å². The van der Waals surface area contributed by atoms with Gasteiger partial charge in [0.1, 0.15) is 12.1 Å². The summed E-state index contributed by atoms with van der Waals surface area (Å²) in [5, 5.41) is 4.13. The van der Waals surface area contributed by atoms with Crippen LogP contribution in [0, 0.1) is 0 Å². The van der Waals surface area contributed by atoms with E-state index in [0.29, 0.717) is 15.6 Å². The van der Waals surface area contributed by atoms with Gasteiger partial charge in [-0.1, -0.05) is 29.3 Å². The molecule has 5 heteroatoms. The molecule has 1 heterocycles. The molecule has 1 aliphatic heterocycles. The number of nitrogens with one attached hydrogen (secondary N) is 1. The van der Waals surface area contributed by atoms with E-state index in [1.165, 1.54) is 0 Å². The van der Waals surface area contributed by atoms with E-state index in [4.69, 9.17) is 27.9 Å². The van der Waals surface area contributed by atoms with Crippen molar-refractivity contribution in [2.24, 2.45) is 0 Å². The molecular weight excluding hydrogens is 273 g/mol. The molecule has 0 radical (unpaired) electrons. The van der Waals surface area contributed by atoms with E-state index in [0.717, 1.165) is 19.4 Å². The van der Waals surface area contributed by atoms with Crippen molar-refractivity contribution in [3.8, 4) is 0 Å². The first-order valence-electron chi connectivity index (χ1n) is 5.97. The van der Waals surface area contributed by atoms with Crippen molar-refractivity contribution in [2.45, 2.75) is 31.9 Å². The Hall–Kier alpha value is -0.770. The number of ether oxygens (including phenoxy) is 1. The van der Waals surface area contributed by atoms with Gasteiger partial charge in [0.2, 0.25) is 0 Å². The first-order chi connectivity index (χ1) is 8.59. The number of hydrogen-bond acceptors (Lipinski definition) is 3. The summed E-state index contributed by atoms with van der Waals surface area (Å²) in [7, 11) is 0. The number of benzene rings is 1. The monoisotopic (exact) mass is 287 g/mol. The van der Waals surface area contributed by atoms with Crippen LogP contribution >= 0.6 is 23.2 Å². The first-order valence-corrected chi connectivity index (χ1v) is 6.73. The fraction of sp³-hybridized carbons (Fsp3) is 0.462. The maximum atomic E-state index is 11.9. The third kappa shape index (κ3) is 2.97. The van der Waals surface area contributed by atoms with Gasteiger partial charge in [-0.05, 0) is 38.4 Å². The molecule has 2 atom stereocenters. The molecule has 0 saturated carbocycles. The SMILES string of the molecule is CC(OC(=O)C1CCCN1)c1c(Cl)cccc1Cl. The van der Waals surface area contributed by atoms with E-state index in [1.807, 2.05) is 0 Å². The van der Waals surface area contributed by atoms with Gasteiger partial charge >= 0.3 is 5.97 Å². The van der Waals surface area contributed by atoms with Gasteiger partial charge in [-0.2, -0.15) is 0 Å². The topological polar surface area (TPSA) is 38.3 Å². The third-order valence-electron chi connectivity index (χ3n) is 3.04. The first kappa shape index (κ1) is 13.7. The Kier molecular flexibility index (Phi) is 4.49. The summed E-state index contributed by atoms with van der Waals surface area (Å²) in [6.45, 7) is 2.64. The summed E-state index contributed by atoms with van der Waals surface area (Å²) < 4.78 is 5.41. The fourth-order valence-electron chi connectivity index (χ4n) is 2.10. The van der Waals surface area contributed by atoms with E-state index in [9.17, 15) is 4.79 Å². The van der Waals surface area contributed by atoms with Gasteiger partial charge in [-0.25, -0.2) is 0 Å². The highest BCUT2D eigenvalue weighted by Gasteiger charge is 2.26. The van der Waals surface area contributed by atoms with Crippen LogP contribution in [0.4, 0.5) is 0 Å². The number of esters is 1. The summed E-state index contributed by atoms with van der Waals surface area (Å²) in [5.74, 6) is -0.240. The second-order valence-electron chi connectivity index (χ2n) is 4.36. The normalized spacial score (nSPS) is 20.7. The highest BCUT2D eigenvalue weighted by molar-refractivity contribution is 6.36. The number of carbonyl (C=O) groups is 1. The number of rotatable bonds is 3. The molecule has 1 aliphatic rings. The van der Waals surface area contributed by atoms with Crippen molar-refractivity contribution in [1.82, 2.24) is 5.32 Å². The predicted octanol–water partition coefficient (Wildman–Crippen LogP) is 3.35. The quantitative estimate of drug-likeness (QED) is 0.867. The van der Waals surface area contributed by atoms with Crippen molar-refractivity contribution >= 4 is 29.2 Å². The Morgan fingerprint density at radius 1 is 1.44 bits per heavy atom. The Bertz CT molecular complexity index is 424. The number of hydrogen-bond donors (Lipinski definition) is 1. The standard InChI is InChI=1S/C13H15Cl2NO2/c1-8(12-9(14)4-2-5-10(12)15)18-13(17)11-6-3-7-16-11/h2,4-5,8,11,16H,3,6-7H2,1H3. The van der Waals surface area contributed by atoms with Gasteiger partial charge in [0, 0.05) is 15.6 Å². The number of halogens is 2. The van der Waals surface area contributed by atoms with Crippen LogP contribution in [0.15, 0.2) is 18.2 Å². The van der Waals surface area contributed by atoms with Crippen LogP contribution in [0.1, 0.15) is 31.4 Å². The average molecular weight is 288 g/mol. The van der Waals surface area contributed by atoms with Crippen molar-refractivity contribution in [2.75, 3.05) is 6.54 Å². The lowest BCUT2D eigenvalue weighted by Crippen LogP contribution is -2.33. The van der Waals surface area contributed by atoms with E-state index in [2.05, 4.69) is 5.32 Å². The third-order valence-corrected chi connectivity index (χ3v) is 3.70. The highest BCUT2D eigenvalue weighted by Crippen LogP contribution is 2.32. The minimum absolute atomic E-state index is 0.200. The van der Waals surface area contributed by atoms with Gasteiger partial charge in [0.15, 0.2) is 0 Å². The number of carbonyl (C=O) groups excluding carboxylic acids is 1. The van der Waals surface area contributed by atoms with Crippen LogP contribution in [0.25, 0.3) is 0 Å². The van der Waals surface area contributed by atoms with Gasteiger partial charge in [0.25, 0.3) is 0 Å². The molecule has 3 nitrogen and oxygen atoms in total. The van der Waals surface area contributed by atoms with Crippen molar-refractivity contribution in [1.29, 1.82) is 0 Å². The highest BCUT2D eigenvalue weighted by atomic mass is 35.5. The zero-order valence-electron chi connectivity index (χ0n) is 10.1. The molecule has 1 fully saturated rings. The van der Waals surface area contributed by atoms with E-state index >= 15 is 0 Å². The van der Waals surface area contributed by atoms with Crippen LogP contribution in [-0.2, 0) is 9.53 Å². The molecule has 1 aromatic carbocycles. The molecule has 1 N–H and O–H groups in total. The molecule has 2 rings (SSSR count). The maximum absolute atomic E-state index is 11.9. The molecule has 1 aromatic rings. The summed E-state index contributed by atoms with van der Waals surface area (Å²) in [4.78, 5) is 11.9. The molecular formula is C13H15Cl2NO2. The zero-order chi connectivity index (χ0) is 13.1. The van der Waals surface area contributed by atoms with Crippen LogP contribution in [-0.4, -0.2) is 18.6 Å². The van der Waals surface area contributed by atoms with E-state index < -0.39 is 6.10 Å². The summed E-state index contributed by atoms with van der Waals surface area (Å²) >= 11 is 12.2. The van der Waals surface area contributed by atoms with Crippen molar-refractivity contribution in [3.63, 3.8) is 0 Å². The summed E-state index contributed by atoms with van der Waals surface area (Å²) in [6, 6.07) is 5.04. The lowest BCUT2D eigenvalue weighted by molar-refractivity contribution is -0.150. The lowest BCUT2D eigenvalue weighted by atomic mass is 10.1. The van der Waals surface area contributed by atoms with Gasteiger partial charge in [-0.15, -0.1) is 0 Å². The minimum atomic E-state index is -0.443. The predicted molar refractivity (Wildman–Crippen MR) is 72.0 cm³/mol. The Morgan fingerprint density at radius 2 is 2.11 bits per heavy atom. The molecule has 0 spiro atoms. The summed E-state index contributed by atoms with van der Waals surface area (Å²) in [6.07, 6.45) is 1.38. The van der Waals surface area contributed by atoms with Gasteiger partial charge < -0.3 is 10.1 Å². The zero-order valence-corrected chi connectivity index (χ0v) is 11.6. The molecule has 0 amide bonds. The molecule has 2 unspecified atom stereocenters. The lowest BCUT2D eigenvalue weighted by Gasteiger charge is -2.18. The van der Waals surface area contributed by atoms with Crippen LogP contribution in [0.2, 0.25) is 10.0 Å². The molecule has 0 aromatic heterocycles. The van der Waals surface area contributed by atoms with Gasteiger partial charge in [0.05, 0.1) is 0 Å². The van der Waals surface area contributed by atoms with Crippen LogP contribution in [0.5, 0.6) is 0 Å². The summed E-state index contributed by atoms with van der Waals surface area (Å²) in [5.41, 5.74) is 0.659. The van der Waals surface area contributed by atoms with Gasteiger partial charge in [-0.3, -0.25) is 4.79 Å². The van der Waals surface area contributed by atoms with Crippen molar-refractivity contribution in [3.05, 3.63) is 33.8 Å². The van der Waals surface area contributed by atoms with Crippen molar-refractivity contribution < 1.29 is 9.53 Å². The molecule has 0 aliphatic carbocycles. The van der Waals surface area contributed by atoms with Crippen LogP contribution < -0.4 is 5.32 Å². The molecule has 98 valence electrons. The maximum Gasteiger partial charge on any atom is 0.323 e. The smallest absolute Gasteiger partial charge is 0.323 e. The fourth-order valence-corrected chi connectivity index (χ4v) is 2.80. The Balaban J connectivity index is 2.07. The van der Waals surface area contributed by atoms with E-state index in [1.54, 1.807) is 25.1 Å². The molecule has 18 heavy (non-hydrogen) atoms. The second-order valence-corrected chi connectivity index (χ2v) is 5.18. The minimum Gasteiger partial charge on any atom is -0.457 e. The average Bonchev–Trinajstić information content (AvgIpc) is 2.81. The van der Waals surface area contributed by atoms with Crippen LogP contribution in [0.3, 0.4) is 0 Å².